The molecule has 2 unspecified atom stereocenters. The lowest BCUT2D eigenvalue weighted by atomic mass is 10.1. The second kappa shape index (κ2) is 8.96. The molecule has 3 aromatic heterocycles. The van der Waals surface area contributed by atoms with E-state index < -0.39 is 0 Å². The Bertz CT molecular complexity index is 1320. The summed E-state index contributed by atoms with van der Waals surface area (Å²) in [5, 5.41) is 3.54. The first-order valence-corrected chi connectivity index (χ1v) is 12.7. The largest absolute Gasteiger partial charge is 0.364 e. The van der Waals surface area contributed by atoms with Crippen LogP contribution in [0.2, 0.25) is 0 Å². The second-order valence-corrected chi connectivity index (χ2v) is 9.95. The van der Waals surface area contributed by atoms with Crippen molar-refractivity contribution in [3.8, 4) is 11.3 Å². The van der Waals surface area contributed by atoms with Crippen LogP contribution in [-0.4, -0.2) is 55.5 Å². The Labute approximate surface area is 206 Å². The monoisotopic (exact) mass is 467 g/mol. The van der Waals surface area contributed by atoms with Gasteiger partial charge in [-0.3, -0.25) is 9.30 Å². The predicted molar refractivity (Wildman–Crippen MR) is 141 cm³/mol. The van der Waals surface area contributed by atoms with Crippen molar-refractivity contribution in [2.75, 3.05) is 23.3 Å². The number of nitrogens with one attached hydrogen (secondary N) is 1. The van der Waals surface area contributed by atoms with Crippen LogP contribution in [0.25, 0.3) is 16.9 Å². The number of likely N-dealkylation sites (tertiary alicyclic amines) is 1. The second-order valence-electron chi connectivity index (χ2n) is 9.95. The molecule has 0 aliphatic carbocycles. The van der Waals surface area contributed by atoms with Gasteiger partial charge in [-0.25, -0.2) is 15.0 Å². The molecule has 2 fully saturated rings. The van der Waals surface area contributed by atoms with Crippen LogP contribution in [0.5, 0.6) is 0 Å². The number of benzene rings is 1. The summed E-state index contributed by atoms with van der Waals surface area (Å²) in [4.78, 5) is 19.6. The highest BCUT2D eigenvalue weighted by Gasteiger charge is 2.45. The van der Waals surface area contributed by atoms with Crippen LogP contribution in [0.3, 0.4) is 0 Å². The van der Waals surface area contributed by atoms with Crippen LogP contribution in [0.4, 0.5) is 11.8 Å². The lowest BCUT2D eigenvalue weighted by molar-refractivity contribution is 0.175. The molecule has 2 bridgehead atoms. The summed E-state index contributed by atoms with van der Waals surface area (Å²) in [6, 6.07) is 18.5. The maximum absolute atomic E-state index is 5.19. The lowest BCUT2D eigenvalue weighted by Crippen LogP contribution is -2.50. The van der Waals surface area contributed by atoms with Gasteiger partial charge in [0.2, 0.25) is 5.95 Å². The smallest absolute Gasteiger partial charge is 0.212 e. The van der Waals surface area contributed by atoms with Crippen LogP contribution in [0.15, 0.2) is 67.1 Å². The minimum atomic E-state index is 0.158. The molecule has 0 saturated carbocycles. The summed E-state index contributed by atoms with van der Waals surface area (Å²) in [6.07, 6.45) is 8.16. The zero-order chi connectivity index (χ0) is 23.9. The van der Waals surface area contributed by atoms with Crippen LogP contribution < -0.4 is 10.2 Å². The third-order valence-corrected chi connectivity index (χ3v) is 7.79. The van der Waals surface area contributed by atoms with E-state index in [0.29, 0.717) is 18.1 Å². The van der Waals surface area contributed by atoms with E-state index in [-0.39, 0.29) is 6.04 Å². The van der Waals surface area contributed by atoms with E-state index >= 15 is 0 Å². The number of hydrogen-bond donors (Lipinski definition) is 1. The number of pyridine rings is 1. The molecule has 5 heterocycles. The summed E-state index contributed by atoms with van der Waals surface area (Å²) < 4.78 is 2.13. The molecular formula is C28H33N7. The van der Waals surface area contributed by atoms with Gasteiger partial charge in [0.05, 0.1) is 5.69 Å². The van der Waals surface area contributed by atoms with E-state index in [1.54, 1.807) is 0 Å². The fourth-order valence-corrected chi connectivity index (χ4v) is 5.69. The summed E-state index contributed by atoms with van der Waals surface area (Å²) >= 11 is 0. The van der Waals surface area contributed by atoms with Crippen molar-refractivity contribution in [3.63, 3.8) is 0 Å². The van der Waals surface area contributed by atoms with Crippen molar-refractivity contribution in [1.29, 1.82) is 0 Å². The number of anilines is 2. The summed E-state index contributed by atoms with van der Waals surface area (Å²) in [5.41, 5.74) is 4.13. The maximum Gasteiger partial charge on any atom is 0.212 e. The first kappa shape index (κ1) is 22.0. The van der Waals surface area contributed by atoms with E-state index in [1.807, 2.05) is 30.7 Å². The van der Waals surface area contributed by atoms with Gasteiger partial charge in [-0.05, 0) is 44.4 Å². The number of aromatic nitrogens is 4. The van der Waals surface area contributed by atoms with Gasteiger partial charge in [0.15, 0.2) is 0 Å². The first-order chi connectivity index (χ1) is 17.1. The molecular weight excluding hydrogens is 434 g/mol. The number of rotatable bonds is 7. The molecule has 35 heavy (non-hydrogen) atoms. The number of imidazole rings is 1. The van der Waals surface area contributed by atoms with Crippen molar-refractivity contribution in [2.24, 2.45) is 0 Å². The molecule has 0 radical (unpaired) electrons. The van der Waals surface area contributed by atoms with E-state index in [9.17, 15) is 0 Å². The Balaban J connectivity index is 1.30. The van der Waals surface area contributed by atoms with Crippen LogP contribution in [0.1, 0.15) is 45.2 Å². The standard InChI is InChI=1S/C28H33N7/c1-4-19(2)34-17-24-15-23(34)18-35(24)28-32-25(16-27-30-12-13-33(27)28)22-10-11-29-26(14-22)31-20(3)21-8-6-5-7-9-21/h5-14,16,19-20,23-24H,4,15,17-18H2,1-3H3,(H,29,31)/t19?,20-,23?,24+/m0/s1. The SMILES string of the molecule is CCC(C)N1C[C@H]2CC1CN2c1nc(-c2ccnc(N[C@@H](C)c3ccccc3)c2)cc2nccn12. The van der Waals surface area contributed by atoms with Crippen LogP contribution in [-0.2, 0) is 0 Å². The fourth-order valence-electron chi connectivity index (χ4n) is 5.69. The van der Waals surface area contributed by atoms with E-state index in [2.05, 4.69) is 86.7 Å². The van der Waals surface area contributed by atoms with Gasteiger partial charge in [-0.15, -0.1) is 0 Å². The average Bonchev–Trinajstić information content (AvgIpc) is 3.64. The zero-order valence-electron chi connectivity index (χ0n) is 20.7. The van der Waals surface area contributed by atoms with Gasteiger partial charge in [0, 0.05) is 67.5 Å². The molecule has 7 heteroatoms. The number of nitrogens with zero attached hydrogens (tertiary/aromatic N) is 6. The van der Waals surface area contributed by atoms with Gasteiger partial charge in [-0.2, -0.15) is 0 Å². The van der Waals surface area contributed by atoms with Crippen molar-refractivity contribution in [1.82, 2.24) is 24.3 Å². The minimum Gasteiger partial charge on any atom is -0.364 e. The molecule has 4 atom stereocenters. The fraction of sp³-hybridized carbons (Fsp3) is 0.393. The molecule has 0 spiro atoms. The summed E-state index contributed by atoms with van der Waals surface area (Å²) in [5.74, 6) is 1.84. The summed E-state index contributed by atoms with van der Waals surface area (Å²) in [7, 11) is 0. The quantitative estimate of drug-likeness (QED) is 0.412. The Hall–Kier alpha value is -3.45. The van der Waals surface area contributed by atoms with E-state index in [1.165, 1.54) is 18.4 Å². The Morgan fingerprint density at radius 3 is 2.63 bits per heavy atom. The van der Waals surface area contributed by atoms with Gasteiger partial charge in [0.1, 0.15) is 11.5 Å². The molecule has 2 aliphatic heterocycles. The highest BCUT2D eigenvalue weighted by Crippen LogP contribution is 2.36. The average molecular weight is 468 g/mol. The highest BCUT2D eigenvalue weighted by atomic mass is 15.4. The van der Waals surface area contributed by atoms with Gasteiger partial charge in [-0.1, -0.05) is 37.3 Å². The minimum absolute atomic E-state index is 0.158. The molecule has 1 N–H and O–H groups in total. The zero-order valence-corrected chi connectivity index (χ0v) is 20.7. The third-order valence-electron chi connectivity index (χ3n) is 7.79. The van der Waals surface area contributed by atoms with Crippen molar-refractivity contribution in [3.05, 3.63) is 72.7 Å². The van der Waals surface area contributed by atoms with Gasteiger partial charge < -0.3 is 10.2 Å². The normalized spacial score (nSPS) is 21.5. The first-order valence-electron chi connectivity index (χ1n) is 12.7. The predicted octanol–water partition coefficient (Wildman–Crippen LogP) is 5.03. The Morgan fingerprint density at radius 1 is 1.00 bits per heavy atom. The topological polar surface area (TPSA) is 61.6 Å². The van der Waals surface area contributed by atoms with Crippen molar-refractivity contribution >= 4 is 17.4 Å². The molecule has 2 aliphatic rings. The molecule has 1 aromatic carbocycles. The molecule has 6 rings (SSSR count). The van der Waals surface area contributed by atoms with Gasteiger partial charge >= 0.3 is 0 Å². The van der Waals surface area contributed by atoms with E-state index in [4.69, 9.17) is 4.98 Å². The molecule has 4 aromatic rings. The van der Waals surface area contributed by atoms with E-state index in [0.717, 1.165) is 41.8 Å². The summed E-state index contributed by atoms with van der Waals surface area (Å²) in [6.45, 7) is 8.93. The number of hydrogen-bond acceptors (Lipinski definition) is 6. The van der Waals surface area contributed by atoms with Crippen molar-refractivity contribution in [2.45, 2.75) is 57.8 Å². The third kappa shape index (κ3) is 4.04. The highest BCUT2D eigenvalue weighted by molar-refractivity contribution is 5.68. The Kier molecular flexibility index (Phi) is 5.65. The van der Waals surface area contributed by atoms with Crippen LogP contribution in [0, 0.1) is 0 Å². The molecule has 7 nitrogen and oxygen atoms in total. The number of piperazine rings is 1. The molecule has 0 amide bonds. The lowest BCUT2D eigenvalue weighted by Gasteiger charge is -2.38. The van der Waals surface area contributed by atoms with Gasteiger partial charge in [0.25, 0.3) is 0 Å². The number of fused-ring (bicyclic) bond motifs is 3. The molecule has 2 saturated heterocycles. The maximum atomic E-state index is 5.19. The van der Waals surface area contributed by atoms with Crippen molar-refractivity contribution < 1.29 is 0 Å². The molecule has 180 valence electrons. The Morgan fingerprint density at radius 2 is 1.86 bits per heavy atom. The van der Waals surface area contributed by atoms with Crippen LogP contribution >= 0.6 is 0 Å².